The highest BCUT2D eigenvalue weighted by Crippen LogP contribution is 2.23. The zero-order valence-corrected chi connectivity index (χ0v) is 14.8. The molecule has 3 rings (SSSR count). The van der Waals surface area contributed by atoms with Crippen molar-refractivity contribution in [3.8, 4) is 17.1 Å². The summed E-state index contributed by atoms with van der Waals surface area (Å²) in [5.41, 5.74) is 0.747. The van der Waals surface area contributed by atoms with Gasteiger partial charge >= 0.3 is 0 Å². The number of ether oxygens (including phenoxy) is 1. The zero-order valence-electron chi connectivity index (χ0n) is 14.0. The summed E-state index contributed by atoms with van der Waals surface area (Å²) < 4.78 is 33.6. The highest BCUT2D eigenvalue weighted by molar-refractivity contribution is 7.99. The minimum atomic E-state index is -0.800. The zero-order chi connectivity index (χ0) is 18.5. The number of halogens is 2. The maximum Gasteiger partial charge on any atom is 0.191 e. The van der Waals surface area contributed by atoms with Gasteiger partial charge in [0.15, 0.2) is 22.5 Å². The molecule has 0 amide bonds. The summed E-state index contributed by atoms with van der Waals surface area (Å²) in [5, 5.41) is 18.8. The molecule has 1 heterocycles. The van der Waals surface area contributed by atoms with Crippen LogP contribution in [0.15, 0.2) is 53.7 Å². The third-order valence-corrected chi connectivity index (χ3v) is 4.78. The number of hydrogen-bond acceptors (Lipinski definition) is 5. The van der Waals surface area contributed by atoms with Gasteiger partial charge in [-0.25, -0.2) is 8.78 Å². The molecule has 2 aromatic carbocycles. The molecule has 0 radical (unpaired) electrons. The van der Waals surface area contributed by atoms with E-state index in [9.17, 15) is 13.9 Å². The van der Waals surface area contributed by atoms with Crippen LogP contribution in [0.2, 0.25) is 0 Å². The maximum atomic E-state index is 13.5. The highest BCUT2D eigenvalue weighted by atomic mass is 32.2. The molecule has 1 N–H and O–H groups in total. The van der Waals surface area contributed by atoms with E-state index in [0.29, 0.717) is 16.7 Å². The van der Waals surface area contributed by atoms with Gasteiger partial charge in [0.25, 0.3) is 0 Å². The van der Waals surface area contributed by atoms with Crippen molar-refractivity contribution in [1.82, 2.24) is 14.8 Å². The first-order valence-electron chi connectivity index (χ1n) is 7.88. The summed E-state index contributed by atoms with van der Waals surface area (Å²) in [5.74, 6) is 0.232. The van der Waals surface area contributed by atoms with Crippen molar-refractivity contribution >= 4 is 11.8 Å². The minimum absolute atomic E-state index is 0.0311. The number of aromatic nitrogens is 3. The molecular formula is C18H17F2N3O2S. The average Bonchev–Trinajstić information content (AvgIpc) is 3.00. The van der Waals surface area contributed by atoms with Crippen LogP contribution in [-0.2, 0) is 7.05 Å². The quantitative estimate of drug-likeness (QED) is 0.640. The largest absolute Gasteiger partial charge is 0.488 e. The SMILES string of the molecule is Cn1c(SC[C@H](O)COc2ccccc2F)nnc1-c1ccc(F)cc1. The average molecular weight is 377 g/mol. The lowest BCUT2D eigenvalue weighted by Gasteiger charge is -2.12. The number of rotatable bonds is 7. The molecule has 0 bridgehead atoms. The molecule has 0 saturated heterocycles. The van der Waals surface area contributed by atoms with Crippen molar-refractivity contribution in [2.45, 2.75) is 11.3 Å². The van der Waals surface area contributed by atoms with Gasteiger partial charge < -0.3 is 14.4 Å². The molecule has 0 aliphatic heterocycles. The van der Waals surface area contributed by atoms with Gasteiger partial charge in [-0.15, -0.1) is 10.2 Å². The Bertz CT molecular complexity index is 871. The molecule has 0 aliphatic rings. The van der Waals surface area contributed by atoms with Crippen molar-refractivity contribution in [2.24, 2.45) is 7.05 Å². The van der Waals surface area contributed by atoms with Gasteiger partial charge in [-0.2, -0.15) is 0 Å². The highest BCUT2D eigenvalue weighted by Gasteiger charge is 2.14. The van der Waals surface area contributed by atoms with Gasteiger partial charge in [0.1, 0.15) is 12.4 Å². The van der Waals surface area contributed by atoms with Crippen LogP contribution in [0.4, 0.5) is 8.78 Å². The summed E-state index contributed by atoms with van der Waals surface area (Å²) in [7, 11) is 1.79. The number of thioether (sulfide) groups is 1. The van der Waals surface area contributed by atoms with E-state index in [1.54, 1.807) is 35.9 Å². The van der Waals surface area contributed by atoms with Crippen molar-refractivity contribution in [2.75, 3.05) is 12.4 Å². The number of benzene rings is 2. The summed E-state index contributed by atoms with van der Waals surface area (Å²) in [6.45, 7) is -0.0311. The first-order valence-corrected chi connectivity index (χ1v) is 8.86. The van der Waals surface area contributed by atoms with E-state index in [2.05, 4.69) is 10.2 Å². The maximum absolute atomic E-state index is 13.5. The molecule has 3 aromatic rings. The molecular weight excluding hydrogens is 360 g/mol. The third kappa shape index (κ3) is 4.39. The Balaban J connectivity index is 1.56. The number of aliphatic hydroxyl groups excluding tert-OH is 1. The lowest BCUT2D eigenvalue weighted by Crippen LogP contribution is -2.20. The smallest absolute Gasteiger partial charge is 0.191 e. The Morgan fingerprint density at radius 1 is 1.12 bits per heavy atom. The molecule has 1 atom stereocenters. The third-order valence-electron chi connectivity index (χ3n) is 3.61. The standard InChI is InChI=1S/C18H17F2N3O2S/c1-23-17(12-6-8-13(19)9-7-12)21-22-18(23)26-11-14(24)10-25-16-5-3-2-4-15(16)20/h2-9,14,24H,10-11H2,1H3/t14-/m1/s1. The molecule has 136 valence electrons. The molecule has 0 unspecified atom stereocenters. The van der Waals surface area contributed by atoms with Crippen molar-refractivity contribution < 1.29 is 18.6 Å². The van der Waals surface area contributed by atoms with E-state index in [1.165, 1.54) is 36.0 Å². The molecule has 5 nitrogen and oxygen atoms in total. The number of aliphatic hydroxyl groups is 1. The van der Waals surface area contributed by atoms with Crippen molar-refractivity contribution in [3.05, 3.63) is 60.2 Å². The minimum Gasteiger partial charge on any atom is -0.488 e. The Labute approximate surface area is 153 Å². The van der Waals surface area contributed by atoms with Crippen LogP contribution in [0.3, 0.4) is 0 Å². The van der Waals surface area contributed by atoms with E-state index >= 15 is 0 Å². The van der Waals surface area contributed by atoms with Gasteiger partial charge in [0, 0.05) is 18.4 Å². The number of nitrogens with zero attached hydrogens (tertiary/aromatic N) is 3. The number of hydrogen-bond donors (Lipinski definition) is 1. The molecule has 0 spiro atoms. The molecule has 0 saturated carbocycles. The van der Waals surface area contributed by atoms with Gasteiger partial charge in [-0.1, -0.05) is 23.9 Å². The van der Waals surface area contributed by atoms with Crippen LogP contribution in [0, 0.1) is 11.6 Å². The molecule has 0 aliphatic carbocycles. The van der Waals surface area contributed by atoms with Crippen LogP contribution in [0.1, 0.15) is 0 Å². The first kappa shape index (κ1) is 18.3. The lowest BCUT2D eigenvalue weighted by molar-refractivity contribution is 0.123. The normalized spacial score (nSPS) is 12.2. The second-order valence-electron chi connectivity index (χ2n) is 5.58. The topological polar surface area (TPSA) is 60.2 Å². The second-order valence-corrected chi connectivity index (χ2v) is 6.57. The molecule has 0 fully saturated rings. The van der Waals surface area contributed by atoms with E-state index in [4.69, 9.17) is 4.74 Å². The summed E-state index contributed by atoms with van der Waals surface area (Å²) >= 11 is 1.30. The van der Waals surface area contributed by atoms with E-state index in [0.717, 1.165) is 5.56 Å². The number of para-hydroxylation sites is 1. The summed E-state index contributed by atoms with van der Waals surface area (Å²) in [6, 6.07) is 12.0. The Hall–Kier alpha value is -2.45. The molecule has 8 heteroatoms. The van der Waals surface area contributed by atoms with Crippen molar-refractivity contribution in [1.29, 1.82) is 0 Å². The Kier molecular flexibility index (Phi) is 5.85. The lowest BCUT2D eigenvalue weighted by atomic mass is 10.2. The Morgan fingerprint density at radius 2 is 1.85 bits per heavy atom. The van der Waals surface area contributed by atoms with Crippen molar-refractivity contribution in [3.63, 3.8) is 0 Å². The van der Waals surface area contributed by atoms with Gasteiger partial charge in [0.05, 0.1) is 6.10 Å². The van der Waals surface area contributed by atoms with Crippen LogP contribution in [-0.4, -0.2) is 38.3 Å². The van der Waals surface area contributed by atoms with E-state index < -0.39 is 11.9 Å². The van der Waals surface area contributed by atoms with E-state index in [-0.39, 0.29) is 18.2 Å². The van der Waals surface area contributed by atoms with E-state index in [1.807, 2.05) is 0 Å². The monoisotopic (exact) mass is 377 g/mol. The summed E-state index contributed by atoms with van der Waals surface area (Å²) in [6.07, 6.45) is -0.800. The van der Waals surface area contributed by atoms with Gasteiger partial charge in [-0.05, 0) is 36.4 Å². The van der Waals surface area contributed by atoms with Crippen LogP contribution in [0.5, 0.6) is 5.75 Å². The first-order chi connectivity index (χ1) is 12.5. The second kappa shape index (κ2) is 8.29. The fourth-order valence-electron chi connectivity index (χ4n) is 2.26. The van der Waals surface area contributed by atoms with Crippen LogP contribution < -0.4 is 4.74 Å². The molecule has 26 heavy (non-hydrogen) atoms. The Morgan fingerprint density at radius 3 is 2.58 bits per heavy atom. The molecule has 1 aromatic heterocycles. The fraction of sp³-hybridized carbons (Fsp3) is 0.222. The van der Waals surface area contributed by atoms with Gasteiger partial charge in [0.2, 0.25) is 0 Å². The van der Waals surface area contributed by atoms with Crippen LogP contribution in [0.25, 0.3) is 11.4 Å². The van der Waals surface area contributed by atoms with Crippen LogP contribution >= 0.6 is 11.8 Å². The van der Waals surface area contributed by atoms with Gasteiger partial charge in [-0.3, -0.25) is 0 Å². The fourth-order valence-corrected chi connectivity index (χ4v) is 3.07. The predicted molar refractivity (Wildman–Crippen MR) is 95.0 cm³/mol. The predicted octanol–water partition coefficient (Wildman–Crippen LogP) is 3.29. The summed E-state index contributed by atoms with van der Waals surface area (Å²) in [4.78, 5) is 0.